The fourth-order valence-corrected chi connectivity index (χ4v) is 1.72. The van der Waals surface area contributed by atoms with Crippen LogP contribution in [-0.4, -0.2) is 18.1 Å². The molecule has 0 fully saturated rings. The van der Waals surface area contributed by atoms with Gasteiger partial charge < -0.3 is 4.90 Å². The van der Waals surface area contributed by atoms with Gasteiger partial charge in [-0.1, -0.05) is 27.7 Å². The summed E-state index contributed by atoms with van der Waals surface area (Å²) >= 11 is 0. The van der Waals surface area contributed by atoms with E-state index >= 15 is 0 Å². The Morgan fingerprint density at radius 3 is 1.87 bits per heavy atom. The van der Waals surface area contributed by atoms with Crippen LogP contribution in [-0.2, 0) is 0 Å². The summed E-state index contributed by atoms with van der Waals surface area (Å²) in [6, 6.07) is 4.18. The Kier molecular flexibility index (Phi) is 4.60. The molecule has 0 saturated carbocycles. The van der Waals surface area contributed by atoms with Gasteiger partial charge >= 0.3 is 0 Å². The van der Waals surface area contributed by atoms with Gasteiger partial charge in [0.2, 0.25) is 0 Å². The molecule has 1 aromatic rings. The van der Waals surface area contributed by atoms with Crippen LogP contribution in [0, 0.1) is 11.8 Å². The van der Waals surface area contributed by atoms with Crippen molar-refractivity contribution >= 4 is 5.69 Å². The van der Waals surface area contributed by atoms with Gasteiger partial charge in [0.15, 0.2) is 0 Å². The number of hydrogen-bond donors (Lipinski definition) is 0. The van der Waals surface area contributed by atoms with Crippen molar-refractivity contribution in [2.24, 2.45) is 11.8 Å². The second-order valence-electron chi connectivity index (χ2n) is 4.90. The van der Waals surface area contributed by atoms with Crippen LogP contribution in [0.25, 0.3) is 0 Å². The smallest absolute Gasteiger partial charge is 0.0397 e. The zero-order valence-electron chi connectivity index (χ0n) is 10.3. The van der Waals surface area contributed by atoms with Gasteiger partial charge in [0.25, 0.3) is 0 Å². The zero-order valence-corrected chi connectivity index (χ0v) is 10.3. The van der Waals surface area contributed by atoms with Crippen molar-refractivity contribution < 1.29 is 0 Å². The third-order valence-electron chi connectivity index (χ3n) is 2.20. The van der Waals surface area contributed by atoms with Crippen LogP contribution in [0.5, 0.6) is 0 Å². The summed E-state index contributed by atoms with van der Waals surface area (Å²) in [6.45, 7) is 11.3. The van der Waals surface area contributed by atoms with Crippen LogP contribution in [0.15, 0.2) is 24.5 Å². The predicted octanol–water partition coefficient (Wildman–Crippen LogP) is 3.20. The Labute approximate surface area is 93.3 Å². The molecule has 1 aromatic heterocycles. The Hall–Kier alpha value is -1.05. The Morgan fingerprint density at radius 1 is 1.00 bits per heavy atom. The van der Waals surface area contributed by atoms with Crippen molar-refractivity contribution in [3.05, 3.63) is 24.5 Å². The first kappa shape index (κ1) is 12.0. The quantitative estimate of drug-likeness (QED) is 0.735. The van der Waals surface area contributed by atoms with Gasteiger partial charge in [-0.05, 0) is 24.0 Å². The first-order valence-corrected chi connectivity index (χ1v) is 5.74. The zero-order chi connectivity index (χ0) is 11.3. The molecule has 0 amide bonds. The molecule has 2 nitrogen and oxygen atoms in total. The van der Waals surface area contributed by atoms with Gasteiger partial charge in [0.1, 0.15) is 0 Å². The molecule has 0 radical (unpaired) electrons. The van der Waals surface area contributed by atoms with E-state index in [1.165, 1.54) is 5.69 Å². The third-order valence-corrected chi connectivity index (χ3v) is 2.20. The molecule has 0 aromatic carbocycles. The lowest BCUT2D eigenvalue weighted by Gasteiger charge is -2.28. The largest absolute Gasteiger partial charge is 0.371 e. The lowest BCUT2D eigenvalue weighted by molar-refractivity contribution is 0.552. The first-order valence-electron chi connectivity index (χ1n) is 5.74. The van der Waals surface area contributed by atoms with E-state index in [0.717, 1.165) is 13.1 Å². The van der Waals surface area contributed by atoms with Crippen molar-refractivity contribution in [3.8, 4) is 0 Å². The van der Waals surface area contributed by atoms with Crippen LogP contribution < -0.4 is 4.90 Å². The molecule has 0 saturated heterocycles. The van der Waals surface area contributed by atoms with E-state index in [4.69, 9.17) is 0 Å². The Morgan fingerprint density at radius 2 is 1.47 bits per heavy atom. The number of pyridine rings is 1. The van der Waals surface area contributed by atoms with Crippen LogP contribution in [0.2, 0.25) is 0 Å². The molecule has 0 aliphatic carbocycles. The van der Waals surface area contributed by atoms with E-state index in [2.05, 4.69) is 49.7 Å². The van der Waals surface area contributed by atoms with Gasteiger partial charge in [-0.2, -0.15) is 0 Å². The molecule has 1 heterocycles. The van der Waals surface area contributed by atoms with Gasteiger partial charge in [-0.3, -0.25) is 4.98 Å². The van der Waals surface area contributed by atoms with Gasteiger partial charge in [-0.15, -0.1) is 0 Å². The van der Waals surface area contributed by atoms with Crippen LogP contribution in [0.1, 0.15) is 27.7 Å². The predicted molar refractivity (Wildman–Crippen MR) is 66.1 cm³/mol. The number of rotatable bonds is 5. The summed E-state index contributed by atoms with van der Waals surface area (Å²) < 4.78 is 0. The molecule has 1 rings (SSSR count). The van der Waals surface area contributed by atoms with Crippen LogP contribution in [0.3, 0.4) is 0 Å². The molecule has 0 unspecified atom stereocenters. The fourth-order valence-electron chi connectivity index (χ4n) is 1.72. The summed E-state index contributed by atoms with van der Waals surface area (Å²) in [5, 5.41) is 0. The molecule has 2 heteroatoms. The van der Waals surface area contributed by atoms with Gasteiger partial charge in [-0.25, -0.2) is 0 Å². The lowest BCUT2D eigenvalue weighted by atomic mass is 10.1. The van der Waals surface area contributed by atoms with Gasteiger partial charge in [0, 0.05) is 31.2 Å². The molecule has 0 aliphatic rings. The first-order chi connectivity index (χ1) is 7.09. The standard InChI is InChI=1S/C13H22N2/c1-11(2)9-15(10-12(3)4)13-5-7-14-8-6-13/h5-8,11-12H,9-10H2,1-4H3. The maximum atomic E-state index is 4.06. The number of anilines is 1. The maximum Gasteiger partial charge on any atom is 0.0397 e. The summed E-state index contributed by atoms with van der Waals surface area (Å²) in [7, 11) is 0. The molecule has 0 spiro atoms. The van der Waals surface area contributed by atoms with Crippen molar-refractivity contribution in [3.63, 3.8) is 0 Å². The summed E-state index contributed by atoms with van der Waals surface area (Å²) in [4.78, 5) is 6.50. The van der Waals surface area contributed by atoms with E-state index in [0.29, 0.717) is 11.8 Å². The Balaban J connectivity index is 2.72. The molecule has 84 valence electrons. The average molecular weight is 206 g/mol. The monoisotopic (exact) mass is 206 g/mol. The third kappa shape index (κ3) is 4.32. The van der Waals surface area contributed by atoms with Crippen molar-refractivity contribution in [1.82, 2.24) is 4.98 Å². The molecular weight excluding hydrogens is 184 g/mol. The van der Waals surface area contributed by atoms with Crippen molar-refractivity contribution in [1.29, 1.82) is 0 Å². The number of aromatic nitrogens is 1. The van der Waals surface area contributed by atoms with E-state index < -0.39 is 0 Å². The summed E-state index contributed by atoms with van der Waals surface area (Å²) in [5.41, 5.74) is 1.28. The topological polar surface area (TPSA) is 16.1 Å². The Bertz CT molecular complexity index is 257. The second-order valence-corrected chi connectivity index (χ2v) is 4.90. The van der Waals surface area contributed by atoms with E-state index in [1.807, 2.05) is 12.4 Å². The molecular formula is C13H22N2. The highest BCUT2D eigenvalue weighted by atomic mass is 15.1. The highest BCUT2D eigenvalue weighted by molar-refractivity contribution is 5.44. The normalized spacial score (nSPS) is 11.1. The van der Waals surface area contributed by atoms with Gasteiger partial charge in [0.05, 0.1) is 0 Å². The molecule has 15 heavy (non-hydrogen) atoms. The maximum absolute atomic E-state index is 4.06. The molecule has 0 atom stereocenters. The number of nitrogens with zero attached hydrogens (tertiary/aromatic N) is 2. The fraction of sp³-hybridized carbons (Fsp3) is 0.615. The van der Waals surface area contributed by atoms with Crippen molar-refractivity contribution in [2.45, 2.75) is 27.7 Å². The number of hydrogen-bond acceptors (Lipinski definition) is 2. The second kappa shape index (κ2) is 5.74. The minimum absolute atomic E-state index is 0.692. The minimum Gasteiger partial charge on any atom is -0.371 e. The minimum atomic E-state index is 0.692. The highest BCUT2D eigenvalue weighted by Gasteiger charge is 2.09. The molecule has 0 aliphatic heterocycles. The van der Waals surface area contributed by atoms with Crippen LogP contribution in [0.4, 0.5) is 5.69 Å². The van der Waals surface area contributed by atoms with Crippen molar-refractivity contribution in [2.75, 3.05) is 18.0 Å². The van der Waals surface area contributed by atoms with E-state index in [9.17, 15) is 0 Å². The summed E-state index contributed by atoms with van der Waals surface area (Å²) in [5.74, 6) is 1.38. The molecule has 0 N–H and O–H groups in total. The van der Waals surface area contributed by atoms with E-state index in [-0.39, 0.29) is 0 Å². The molecule has 0 bridgehead atoms. The lowest BCUT2D eigenvalue weighted by Crippen LogP contribution is -2.31. The van der Waals surface area contributed by atoms with Crippen LogP contribution >= 0.6 is 0 Å². The summed E-state index contributed by atoms with van der Waals surface area (Å²) in [6.07, 6.45) is 3.73. The van der Waals surface area contributed by atoms with E-state index in [1.54, 1.807) is 0 Å². The SMILES string of the molecule is CC(C)CN(CC(C)C)c1ccncc1. The average Bonchev–Trinajstić information content (AvgIpc) is 2.17. The highest BCUT2D eigenvalue weighted by Crippen LogP contribution is 2.15.